The molecule has 2 unspecified atom stereocenters. The van der Waals surface area contributed by atoms with Crippen molar-refractivity contribution in [2.24, 2.45) is 11.8 Å². The van der Waals surface area contributed by atoms with Crippen LogP contribution in [0.25, 0.3) is 10.4 Å². The van der Waals surface area contributed by atoms with E-state index in [9.17, 15) is 18.0 Å². The van der Waals surface area contributed by atoms with E-state index in [1.807, 2.05) is 41.8 Å². The maximum atomic E-state index is 13.2. The third-order valence-electron chi connectivity index (χ3n) is 7.02. The third kappa shape index (κ3) is 4.83. The highest BCUT2D eigenvalue weighted by molar-refractivity contribution is 7.89. The normalized spacial score (nSPS) is 20.0. The molecule has 36 heavy (non-hydrogen) atoms. The molecule has 0 bridgehead atoms. The quantitative estimate of drug-likeness (QED) is 0.436. The lowest BCUT2D eigenvalue weighted by Crippen LogP contribution is -2.30. The summed E-state index contributed by atoms with van der Waals surface area (Å²) < 4.78 is 34.4. The van der Waals surface area contributed by atoms with Gasteiger partial charge >= 0.3 is 0 Å². The number of thiophene rings is 1. The predicted octanol–water partition coefficient (Wildman–Crippen LogP) is 4.58. The van der Waals surface area contributed by atoms with Crippen LogP contribution in [0, 0.1) is 11.8 Å². The van der Waals surface area contributed by atoms with Gasteiger partial charge in [0.05, 0.1) is 25.5 Å². The first-order valence-electron chi connectivity index (χ1n) is 12.0. The molecule has 1 saturated carbocycles. The van der Waals surface area contributed by atoms with Gasteiger partial charge in [0.25, 0.3) is 0 Å². The molecule has 2 aromatic carbocycles. The van der Waals surface area contributed by atoms with Crippen LogP contribution in [0.15, 0.2) is 64.9 Å². The van der Waals surface area contributed by atoms with E-state index < -0.39 is 10.0 Å². The van der Waals surface area contributed by atoms with Gasteiger partial charge in [0.15, 0.2) is 0 Å². The molecular formula is C27H28N2O5S2. The second kappa shape index (κ2) is 10.2. The van der Waals surface area contributed by atoms with E-state index >= 15 is 0 Å². The van der Waals surface area contributed by atoms with Gasteiger partial charge in [-0.25, -0.2) is 13.1 Å². The second-order valence-corrected chi connectivity index (χ2v) is 11.9. The topological polar surface area (TPSA) is 92.8 Å². The Labute approximate surface area is 215 Å². The van der Waals surface area contributed by atoms with Gasteiger partial charge in [0.2, 0.25) is 21.8 Å². The number of rotatable bonds is 8. The van der Waals surface area contributed by atoms with Gasteiger partial charge in [-0.1, -0.05) is 49.2 Å². The Kier molecular flexibility index (Phi) is 6.96. The number of fused-ring (bicyclic) bond motifs is 1. The Morgan fingerprint density at radius 2 is 1.64 bits per heavy atom. The number of sulfonamides is 1. The first-order valence-corrected chi connectivity index (χ1v) is 14.4. The van der Waals surface area contributed by atoms with Gasteiger partial charge in [-0.05, 0) is 53.1 Å². The number of imide groups is 1. The maximum absolute atomic E-state index is 13.2. The van der Waals surface area contributed by atoms with Crippen LogP contribution in [0.3, 0.4) is 0 Å². The van der Waals surface area contributed by atoms with Crippen LogP contribution in [0.4, 0.5) is 0 Å². The van der Waals surface area contributed by atoms with E-state index in [0.717, 1.165) is 41.7 Å². The fraction of sp³-hybridized carbons (Fsp3) is 0.333. The lowest BCUT2D eigenvalue weighted by atomic mass is 9.81. The molecule has 1 aliphatic carbocycles. The molecule has 1 aliphatic heterocycles. The average Bonchev–Trinajstić information content (AvgIpc) is 3.52. The van der Waals surface area contributed by atoms with Crippen molar-refractivity contribution in [3.8, 4) is 16.2 Å². The minimum Gasteiger partial charge on any atom is -0.495 e. The predicted molar refractivity (Wildman–Crippen MR) is 138 cm³/mol. The summed E-state index contributed by atoms with van der Waals surface area (Å²) in [5.74, 6) is -0.559. The van der Waals surface area contributed by atoms with Gasteiger partial charge in [-0.3, -0.25) is 14.5 Å². The Hall–Kier alpha value is -3.01. The van der Waals surface area contributed by atoms with Crippen molar-refractivity contribution < 1.29 is 22.7 Å². The van der Waals surface area contributed by atoms with Crippen LogP contribution in [-0.2, 0) is 32.7 Å². The number of benzene rings is 2. The van der Waals surface area contributed by atoms with Crippen molar-refractivity contribution in [1.82, 2.24) is 9.62 Å². The Balaban J connectivity index is 1.32. The zero-order valence-corrected chi connectivity index (χ0v) is 21.6. The molecule has 9 heteroatoms. The van der Waals surface area contributed by atoms with Crippen molar-refractivity contribution in [1.29, 1.82) is 0 Å². The number of nitrogens with one attached hydrogen (secondary N) is 1. The summed E-state index contributed by atoms with van der Waals surface area (Å²) in [4.78, 5) is 28.2. The Morgan fingerprint density at radius 3 is 2.25 bits per heavy atom. The molecule has 0 spiro atoms. The third-order valence-corrected chi connectivity index (χ3v) is 9.36. The van der Waals surface area contributed by atoms with Crippen LogP contribution in [0.5, 0.6) is 5.75 Å². The molecule has 7 nitrogen and oxygen atoms in total. The molecule has 5 rings (SSSR count). The highest BCUT2D eigenvalue weighted by Gasteiger charge is 2.47. The molecular weight excluding hydrogens is 496 g/mol. The Morgan fingerprint density at radius 1 is 0.972 bits per heavy atom. The minimum atomic E-state index is -3.92. The summed E-state index contributed by atoms with van der Waals surface area (Å²) in [6, 6.07) is 16.5. The molecule has 1 saturated heterocycles. The smallest absolute Gasteiger partial charge is 0.244 e. The van der Waals surface area contributed by atoms with Gasteiger partial charge in [0, 0.05) is 11.4 Å². The van der Waals surface area contributed by atoms with Crippen molar-refractivity contribution >= 4 is 33.2 Å². The SMILES string of the molecule is COc1ccc(CN2C(=O)C3CCCCC3C2=O)cc1S(=O)(=O)NCc1ccc(-c2cccs2)cc1. The molecule has 2 atom stereocenters. The lowest BCUT2D eigenvalue weighted by Gasteiger charge is -2.19. The fourth-order valence-electron chi connectivity index (χ4n) is 5.08. The summed E-state index contributed by atoms with van der Waals surface area (Å²) in [6.07, 6.45) is 3.40. The molecule has 2 amide bonds. The molecule has 188 valence electrons. The van der Waals surface area contributed by atoms with Crippen molar-refractivity contribution in [2.45, 2.75) is 43.7 Å². The molecule has 2 fully saturated rings. The van der Waals surface area contributed by atoms with Crippen LogP contribution in [0.2, 0.25) is 0 Å². The van der Waals surface area contributed by atoms with E-state index in [2.05, 4.69) is 4.72 Å². The summed E-state index contributed by atoms with van der Waals surface area (Å²) in [5.41, 5.74) is 2.47. The summed E-state index contributed by atoms with van der Waals surface area (Å²) in [5, 5.41) is 2.02. The standard InChI is InChI=1S/C27H28N2O5S2/c1-34-23-13-10-19(17-29-26(30)21-5-2-3-6-22(21)27(29)31)15-25(23)36(32,33)28-16-18-8-11-20(12-9-18)24-7-4-14-35-24/h4,7-15,21-22,28H,2-3,5-6,16-17H2,1H3. The van der Waals surface area contributed by atoms with Crippen LogP contribution in [-0.4, -0.2) is 32.2 Å². The molecule has 2 heterocycles. The number of ether oxygens (including phenoxy) is 1. The van der Waals surface area contributed by atoms with Gasteiger partial charge in [0.1, 0.15) is 10.6 Å². The molecule has 2 aliphatic rings. The highest BCUT2D eigenvalue weighted by atomic mass is 32.2. The molecule has 3 aromatic rings. The van der Waals surface area contributed by atoms with Crippen molar-refractivity contribution in [3.63, 3.8) is 0 Å². The van der Waals surface area contributed by atoms with E-state index in [-0.39, 0.29) is 47.4 Å². The first-order chi connectivity index (χ1) is 17.4. The van der Waals surface area contributed by atoms with E-state index in [0.29, 0.717) is 5.56 Å². The van der Waals surface area contributed by atoms with Crippen LogP contribution >= 0.6 is 11.3 Å². The van der Waals surface area contributed by atoms with Gasteiger partial charge in [-0.2, -0.15) is 0 Å². The number of hydrogen-bond acceptors (Lipinski definition) is 6. The lowest BCUT2D eigenvalue weighted by molar-refractivity contribution is -0.140. The van der Waals surface area contributed by atoms with E-state index in [1.54, 1.807) is 23.5 Å². The molecule has 0 radical (unpaired) electrons. The van der Waals surface area contributed by atoms with Gasteiger partial charge < -0.3 is 4.74 Å². The molecule has 1 N–H and O–H groups in total. The zero-order valence-electron chi connectivity index (χ0n) is 20.0. The monoisotopic (exact) mass is 524 g/mol. The maximum Gasteiger partial charge on any atom is 0.244 e. The first kappa shape index (κ1) is 24.7. The number of carbonyl (C=O) groups is 2. The van der Waals surface area contributed by atoms with Crippen LogP contribution < -0.4 is 9.46 Å². The zero-order chi connectivity index (χ0) is 25.3. The van der Waals surface area contributed by atoms with Crippen molar-refractivity contribution in [2.75, 3.05) is 7.11 Å². The van der Waals surface area contributed by atoms with E-state index in [4.69, 9.17) is 4.74 Å². The number of carbonyl (C=O) groups excluding carboxylic acids is 2. The number of likely N-dealkylation sites (tertiary alicyclic amines) is 1. The summed E-state index contributed by atoms with van der Waals surface area (Å²) in [7, 11) is -2.51. The van der Waals surface area contributed by atoms with Crippen LogP contribution in [0.1, 0.15) is 36.8 Å². The second-order valence-electron chi connectivity index (χ2n) is 9.24. The minimum absolute atomic E-state index is 0.0192. The number of amides is 2. The Bertz CT molecular complexity index is 1340. The number of nitrogens with zero attached hydrogens (tertiary/aromatic N) is 1. The highest BCUT2D eigenvalue weighted by Crippen LogP contribution is 2.39. The summed E-state index contributed by atoms with van der Waals surface area (Å²) >= 11 is 1.65. The average molecular weight is 525 g/mol. The summed E-state index contributed by atoms with van der Waals surface area (Å²) in [6.45, 7) is 0.175. The fourth-order valence-corrected chi connectivity index (χ4v) is 7.05. The van der Waals surface area contributed by atoms with E-state index in [1.165, 1.54) is 18.1 Å². The number of hydrogen-bond donors (Lipinski definition) is 1. The largest absolute Gasteiger partial charge is 0.495 e. The van der Waals surface area contributed by atoms with Crippen molar-refractivity contribution in [3.05, 3.63) is 71.1 Å². The molecule has 1 aromatic heterocycles. The van der Waals surface area contributed by atoms with Gasteiger partial charge in [-0.15, -0.1) is 11.3 Å². The number of methoxy groups -OCH3 is 1.